The number of hydrogen-bond donors (Lipinski definition) is 2. The summed E-state index contributed by atoms with van der Waals surface area (Å²) in [7, 11) is 0. The first kappa shape index (κ1) is 15.5. The van der Waals surface area contributed by atoms with Crippen molar-refractivity contribution in [2.75, 3.05) is 13.2 Å². The van der Waals surface area contributed by atoms with Gasteiger partial charge in [0.1, 0.15) is 11.3 Å². The molecular formula is C15H23NO3. The minimum Gasteiger partial charge on any atom is -0.493 e. The van der Waals surface area contributed by atoms with Gasteiger partial charge in [0, 0.05) is 0 Å². The number of rotatable bonds is 7. The summed E-state index contributed by atoms with van der Waals surface area (Å²) >= 11 is 0. The Morgan fingerprint density at radius 3 is 2.68 bits per heavy atom. The van der Waals surface area contributed by atoms with Crippen molar-refractivity contribution in [1.82, 2.24) is 5.32 Å². The number of hydrogen-bond acceptors (Lipinski definition) is 3. The molecule has 1 aromatic rings. The Balaban J connectivity index is 2.32. The highest BCUT2D eigenvalue weighted by atomic mass is 16.5. The van der Waals surface area contributed by atoms with E-state index in [4.69, 9.17) is 9.84 Å². The molecule has 0 unspecified atom stereocenters. The minimum absolute atomic E-state index is 0.576. The van der Waals surface area contributed by atoms with Crippen molar-refractivity contribution in [1.29, 1.82) is 0 Å². The van der Waals surface area contributed by atoms with Gasteiger partial charge in [-0.3, -0.25) is 4.79 Å². The highest BCUT2D eigenvalue weighted by Gasteiger charge is 2.25. The monoisotopic (exact) mass is 265 g/mol. The van der Waals surface area contributed by atoms with E-state index in [1.165, 1.54) is 5.56 Å². The molecule has 2 N–H and O–H groups in total. The maximum absolute atomic E-state index is 10.9. The lowest BCUT2D eigenvalue weighted by molar-refractivity contribution is -0.143. The average molecular weight is 265 g/mol. The minimum atomic E-state index is -0.890. The largest absolute Gasteiger partial charge is 0.493 e. The Kier molecular flexibility index (Phi) is 5.36. The van der Waals surface area contributed by atoms with Crippen LogP contribution in [0.1, 0.15) is 31.4 Å². The van der Waals surface area contributed by atoms with Crippen LogP contribution in [0.5, 0.6) is 5.75 Å². The van der Waals surface area contributed by atoms with E-state index in [0.717, 1.165) is 17.7 Å². The lowest BCUT2D eigenvalue weighted by Gasteiger charge is -2.21. The Bertz CT molecular complexity index is 441. The van der Waals surface area contributed by atoms with Gasteiger partial charge in [-0.25, -0.2) is 0 Å². The van der Waals surface area contributed by atoms with E-state index in [1.54, 1.807) is 13.8 Å². The third kappa shape index (κ3) is 4.91. The molecule has 0 fully saturated rings. The van der Waals surface area contributed by atoms with E-state index < -0.39 is 11.5 Å². The van der Waals surface area contributed by atoms with Crippen LogP contribution in [0.4, 0.5) is 0 Å². The van der Waals surface area contributed by atoms with E-state index in [1.807, 2.05) is 26.0 Å². The van der Waals surface area contributed by atoms with Crippen LogP contribution >= 0.6 is 0 Å². The SMILES string of the molecule is Cc1ccc(C)c(OCCCNC(C)(C)C(=O)O)c1. The summed E-state index contributed by atoms with van der Waals surface area (Å²) in [5, 5.41) is 11.9. The molecule has 0 saturated carbocycles. The number of carbonyl (C=O) groups is 1. The first-order valence-corrected chi connectivity index (χ1v) is 6.51. The second kappa shape index (κ2) is 6.57. The number of ether oxygens (including phenoxy) is 1. The van der Waals surface area contributed by atoms with Crippen LogP contribution in [0.3, 0.4) is 0 Å². The first-order chi connectivity index (χ1) is 8.83. The fraction of sp³-hybridized carbons (Fsp3) is 0.533. The molecule has 0 bridgehead atoms. The van der Waals surface area contributed by atoms with Gasteiger partial charge >= 0.3 is 5.97 Å². The Hall–Kier alpha value is -1.55. The summed E-state index contributed by atoms with van der Waals surface area (Å²) in [5.41, 5.74) is 1.40. The molecular weight excluding hydrogens is 242 g/mol. The van der Waals surface area contributed by atoms with Crippen molar-refractivity contribution in [2.24, 2.45) is 0 Å². The molecule has 0 aliphatic heterocycles. The Morgan fingerprint density at radius 2 is 2.05 bits per heavy atom. The third-order valence-corrected chi connectivity index (χ3v) is 3.02. The molecule has 0 amide bonds. The maximum atomic E-state index is 10.9. The zero-order chi connectivity index (χ0) is 14.5. The molecule has 106 valence electrons. The number of benzene rings is 1. The molecule has 0 radical (unpaired) electrons. The zero-order valence-electron chi connectivity index (χ0n) is 12.1. The topological polar surface area (TPSA) is 58.6 Å². The van der Waals surface area contributed by atoms with Crippen molar-refractivity contribution >= 4 is 5.97 Å². The van der Waals surface area contributed by atoms with Crippen LogP contribution < -0.4 is 10.1 Å². The van der Waals surface area contributed by atoms with Gasteiger partial charge in [0.2, 0.25) is 0 Å². The lowest BCUT2D eigenvalue weighted by Crippen LogP contribution is -2.47. The number of aryl methyl sites for hydroxylation is 2. The number of nitrogens with one attached hydrogen (secondary N) is 1. The van der Waals surface area contributed by atoms with Crippen LogP contribution in [0.25, 0.3) is 0 Å². The molecule has 1 aromatic carbocycles. The van der Waals surface area contributed by atoms with Crippen LogP contribution in [0.2, 0.25) is 0 Å². The summed E-state index contributed by atoms with van der Waals surface area (Å²) in [6.07, 6.45) is 0.768. The van der Waals surface area contributed by atoms with Crippen LogP contribution in [-0.4, -0.2) is 29.8 Å². The summed E-state index contributed by atoms with van der Waals surface area (Å²) in [6, 6.07) is 6.11. The highest BCUT2D eigenvalue weighted by Crippen LogP contribution is 2.19. The zero-order valence-corrected chi connectivity index (χ0v) is 12.1. The van der Waals surface area contributed by atoms with Crippen LogP contribution in [0.15, 0.2) is 18.2 Å². The van der Waals surface area contributed by atoms with Crippen molar-refractivity contribution < 1.29 is 14.6 Å². The predicted octanol–water partition coefficient (Wildman–Crippen LogP) is 2.53. The number of aliphatic carboxylic acids is 1. The Morgan fingerprint density at radius 1 is 1.37 bits per heavy atom. The standard InChI is InChI=1S/C15H23NO3/c1-11-6-7-12(2)13(10-11)19-9-5-8-16-15(3,4)14(17)18/h6-7,10,16H,5,8-9H2,1-4H3,(H,17,18). The van der Waals surface area contributed by atoms with E-state index in [2.05, 4.69) is 11.4 Å². The molecule has 1 rings (SSSR count). The third-order valence-electron chi connectivity index (χ3n) is 3.02. The molecule has 19 heavy (non-hydrogen) atoms. The molecule has 4 heteroatoms. The van der Waals surface area contributed by atoms with Crippen molar-refractivity contribution in [3.8, 4) is 5.75 Å². The Labute approximate surface area is 114 Å². The van der Waals surface area contributed by atoms with Crippen LogP contribution in [-0.2, 0) is 4.79 Å². The fourth-order valence-electron chi connectivity index (χ4n) is 1.59. The number of carboxylic acids is 1. The summed E-state index contributed by atoms with van der Waals surface area (Å²) < 4.78 is 5.71. The van der Waals surface area contributed by atoms with E-state index in [-0.39, 0.29) is 0 Å². The van der Waals surface area contributed by atoms with Gasteiger partial charge in [0.05, 0.1) is 6.61 Å². The number of carboxylic acid groups (broad SMARTS) is 1. The molecule has 0 heterocycles. The quantitative estimate of drug-likeness (QED) is 0.744. The highest BCUT2D eigenvalue weighted by molar-refractivity contribution is 5.77. The average Bonchev–Trinajstić information content (AvgIpc) is 2.32. The van der Waals surface area contributed by atoms with Gasteiger partial charge in [-0.05, 0) is 57.9 Å². The molecule has 0 spiro atoms. The second-order valence-corrected chi connectivity index (χ2v) is 5.33. The molecule has 0 aliphatic rings. The first-order valence-electron chi connectivity index (χ1n) is 6.51. The lowest BCUT2D eigenvalue weighted by atomic mass is 10.1. The summed E-state index contributed by atoms with van der Waals surface area (Å²) in [6.45, 7) is 8.54. The van der Waals surface area contributed by atoms with Gasteiger partial charge in [-0.1, -0.05) is 12.1 Å². The van der Waals surface area contributed by atoms with Gasteiger partial charge in [0.15, 0.2) is 0 Å². The van der Waals surface area contributed by atoms with Gasteiger partial charge in [-0.15, -0.1) is 0 Å². The van der Waals surface area contributed by atoms with Crippen molar-refractivity contribution in [3.63, 3.8) is 0 Å². The van der Waals surface area contributed by atoms with E-state index in [0.29, 0.717) is 13.2 Å². The smallest absolute Gasteiger partial charge is 0.323 e. The van der Waals surface area contributed by atoms with Crippen molar-refractivity contribution in [2.45, 2.75) is 39.7 Å². The maximum Gasteiger partial charge on any atom is 0.323 e. The molecule has 0 aliphatic carbocycles. The van der Waals surface area contributed by atoms with Crippen molar-refractivity contribution in [3.05, 3.63) is 29.3 Å². The summed E-state index contributed by atoms with van der Waals surface area (Å²) in [4.78, 5) is 10.9. The molecule has 4 nitrogen and oxygen atoms in total. The summed E-state index contributed by atoms with van der Waals surface area (Å²) in [5.74, 6) is 0.0560. The predicted molar refractivity (Wildman–Crippen MR) is 75.7 cm³/mol. The van der Waals surface area contributed by atoms with Gasteiger partial charge in [-0.2, -0.15) is 0 Å². The van der Waals surface area contributed by atoms with Crippen LogP contribution in [0, 0.1) is 13.8 Å². The molecule has 0 saturated heterocycles. The fourth-order valence-corrected chi connectivity index (χ4v) is 1.59. The van der Waals surface area contributed by atoms with E-state index in [9.17, 15) is 4.79 Å². The van der Waals surface area contributed by atoms with E-state index >= 15 is 0 Å². The van der Waals surface area contributed by atoms with Gasteiger partial charge < -0.3 is 15.2 Å². The van der Waals surface area contributed by atoms with Gasteiger partial charge in [0.25, 0.3) is 0 Å². The second-order valence-electron chi connectivity index (χ2n) is 5.33. The molecule has 0 aromatic heterocycles. The normalized spacial score (nSPS) is 11.4. The molecule has 0 atom stereocenters.